The van der Waals surface area contributed by atoms with Gasteiger partial charge in [0, 0.05) is 35.3 Å². The van der Waals surface area contributed by atoms with E-state index in [1.807, 2.05) is 6.07 Å². The van der Waals surface area contributed by atoms with Crippen molar-refractivity contribution in [1.82, 2.24) is 15.2 Å². The fraction of sp³-hybridized carbons (Fsp3) is 0.258. The van der Waals surface area contributed by atoms with Crippen LogP contribution in [-0.2, 0) is 17.7 Å². The van der Waals surface area contributed by atoms with Crippen LogP contribution in [0.15, 0.2) is 72.9 Å². The standard InChI is InChI=1S/C31H30N4O4S/c36-29(23-11-12-28-26(18-23)34-30(37)25-5-1-2-6-27(25)39-28)32-19-24-20-33-31(40-24)22-9-7-21(8-10-22)4-3-13-35-14-16-38-17-15-35/h1-2,5-12,18,20H,3-4,13-17,19H2,(H,32,36)(H,34,37). The van der Waals surface area contributed by atoms with Crippen molar-refractivity contribution < 1.29 is 19.1 Å². The zero-order valence-corrected chi connectivity index (χ0v) is 22.8. The van der Waals surface area contributed by atoms with Crippen LogP contribution in [0.2, 0.25) is 0 Å². The Morgan fingerprint density at radius 1 is 1.02 bits per heavy atom. The molecule has 0 unspecified atom stereocenters. The maximum atomic E-state index is 12.9. The summed E-state index contributed by atoms with van der Waals surface area (Å²) in [5.41, 5.74) is 3.74. The van der Waals surface area contributed by atoms with E-state index in [0.29, 0.717) is 34.9 Å². The molecule has 1 aromatic heterocycles. The quantitative estimate of drug-likeness (QED) is 0.305. The Morgan fingerprint density at radius 2 is 1.85 bits per heavy atom. The molecule has 0 saturated carbocycles. The lowest BCUT2D eigenvalue weighted by Gasteiger charge is -2.26. The van der Waals surface area contributed by atoms with Gasteiger partial charge in [0.15, 0.2) is 5.75 Å². The van der Waals surface area contributed by atoms with Crippen molar-refractivity contribution in [2.45, 2.75) is 19.4 Å². The summed E-state index contributed by atoms with van der Waals surface area (Å²) in [7, 11) is 0. The molecule has 1 fully saturated rings. The predicted octanol–water partition coefficient (Wildman–Crippen LogP) is 5.36. The number of anilines is 1. The molecule has 3 aromatic carbocycles. The van der Waals surface area contributed by atoms with Crippen molar-refractivity contribution >= 4 is 28.8 Å². The molecular formula is C31H30N4O4S. The predicted molar refractivity (Wildman–Crippen MR) is 155 cm³/mol. The third-order valence-corrected chi connectivity index (χ3v) is 8.11. The van der Waals surface area contributed by atoms with Crippen LogP contribution in [0.3, 0.4) is 0 Å². The topological polar surface area (TPSA) is 92.8 Å². The van der Waals surface area contributed by atoms with Gasteiger partial charge < -0.3 is 20.1 Å². The van der Waals surface area contributed by atoms with Crippen molar-refractivity contribution in [3.8, 4) is 22.1 Å². The number of ether oxygens (including phenoxy) is 2. The molecule has 204 valence electrons. The third kappa shape index (κ3) is 6.07. The fourth-order valence-electron chi connectivity index (χ4n) is 4.85. The van der Waals surface area contributed by atoms with Gasteiger partial charge in [-0.15, -0.1) is 11.3 Å². The fourth-order valence-corrected chi connectivity index (χ4v) is 5.70. The molecule has 6 rings (SSSR count). The van der Waals surface area contributed by atoms with Gasteiger partial charge in [0.2, 0.25) is 0 Å². The third-order valence-electron chi connectivity index (χ3n) is 7.06. The van der Waals surface area contributed by atoms with E-state index >= 15 is 0 Å². The molecule has 2 amide bonds. The number of carbonyl (C=O) groups is 2. The SMILES string of the molecule is O=C(NCc1cnc(-c2ccc(CCCN3CCOCC3)cc2)s1)c1ccc2c(c1)NC(=O)c1ccccc1O2. The molecule has 9 heteroatoms. The van der Waals surface area contributed by atoms with E-state index in [4.69, 9.17) is 9.47 Å². The second-order valence-electron chi connectivity index (χ2n) is 9.83. The molecular weight excluding hydrogens is 524 g/mol. The Kier molecular flexibility index (Phi) is 7.85. The Balaban J connectivity index is 1.03. The van der Waals surface area contributed by atoms with Crippen molar-refractivity contribution in [2.75, 3.05) is 38.2 Å². The van der Waals surface area contributed by atoms with E-state index in [1.165, 1.54) is 5.56 Å². The smallest absolute Gasteiger partial charge is 0.259 e. The summed E-state index contributed by atoms with van der Waals surface area (Å²) in [6.07, 6.45) is 3.99. The highest BCUT2D eigenvalue weighted by atomic mass is 32.1. The normalized spacial score (nSPS) is 14.8. The monoisotopic (exact) mass is 554 g/mol. The van der Waals surface area contributed by atoms with Gasteiger partial charge >= 0.3 is 0 Å². The number of thiazole rings is 1. The van der Waals surface area contributed by atoms with E-state index in [2.05, 4.69) is 44.8 Å². The van der Waals surface area contributed by atoms with Crippen molar-refractivity contribution in [2.24, 2.45) is 0 Å². The molecule has 3 heterocycles. The summed E-state index contributed by atoms with van der Waals surface area (Å²) in [6, 6.07) is 20.7. The lowest BCUT2D eigenvalue weighted by Crippen LogP contribution is -2.36. The first kappa shape index (κ1) is 26.2. The van der Waals surface area contributed by atoms with Gasteiger partial charge in [0.25, 0.3) is 11.8 Å². The second-order valence-corrected chi connectivity index (χ2v) is 10.9. The Morgan fingerprint density at radius 3 is 2.70 bits per heavy atom. The van der Waals surface area contributed by atoms with Gasteiger partial charge in [-0.25, -0.2) is 4.98 Å². The van der Waals surface area contributed by atoms with Crippen molar-refractivity contribution in [3.63, 3.8) is 0 Å². The van der Waals surface area contributed by atoms with E-state index < -0.39 is 0 Å². The number of benzene rings is 3. The van der Waals surface area contributed by atoms with Gasteiger partial charge in [-0.3, -0.25) is 14.5 Å². The van der Waals surface area contributed by atoms with Crippen LogP contribution in [0.5, 0.6) is 11.5 Å². The van der Waals surface area contributed by atoms with Crippen LogP contribution in [0.25, 0.3) is 10.6 Å². The van der Waals surface area contributed by atoms with Gasteiger partial charge in [-0.05, 0) is 55.3 Å². The molecule has 0 spiro atoms. The van der Waals surface area contributed by atoms with Gasteiger partial charge in [-0.1, -0.05) is 36.4 Å². The van der Waals surface area contributed by atoms with E-state index in [0.717, 1.165) is 61.1 Å². The summed E-state index contributed by atoms with van der Waals surface area (Å²) < 4.78 is 11.3. The number of hydrogen-bond acceptors (Lipinski definition) is 7. The number of nitrogens with zero attached hydrogens (tertiary/aromatic N) is 2. The minimum absolute atomic E-state index is 0.241. The number of aromatic nitrogens is 1. The molecule has 1 saturated heterocycles. The largest absolute Gasteiger partial charge is 0.454 e. The number of morpholine rings is 1. The maximum Gasteiger partial charge on any atom is 0.259 e. The first-order chi connectivity index (χ1) is 19.6. The molecule has 40 heavy (non-hydrogen) atoms. The number of aryl methyl sites for hydroxylation is 1. The summed E-state index contributed by atoms with van der Waals surface area (Å²) in [6.45, 7) is 5.21. The van der Waals surface area contributed by atoms with E-state index in [1.54, 1.807) is 53.9 Å². The Bertz CT molecular complexity index is 1510. The molecule has 4 aromatic rings. The van der Waals surface area contributed by atoms with Crippen LogP contribution in [0.4, 0.5) is 5.69 Å². The average Bonchev–Trinajstić information content (AvgIpc) is 3.41. The summed E-state index contributed by atoms with van der Waals surface area (Å²) in [5, 5.41) is 6.72. The second kappa shape index (κ2) is 12.0. The number of amides is 2. The van der Waals surface area contributed by atoms with Gasteiger partial charge in [0.05, 0.1) is 31.0 Å². The van der Waals surface area contributed by atoms with Crippen molar-refractivity contribution in [1.29, 1.82) is 0 Å². The number of carbonyl (C=O) groups excluding carboxylic acids is 2. The highest BCUT2D eigenvalue weighted by Crippen LogP contribution is 2.36. The zero-order valence-electron chi connectivity index (χ0n) is 22.0. The van der Waals surface area contributed by atoms with E-state index in [-0.39, 0.29) is 11.8 Å². The lowest BCUT2D eigenvalue weighted by molar-refractivity contribution is 0.0374. The molecule has 0 bridgehead atoms. The van der Waals surface area contributed by atoms with Crippen LogP contribution in [0, 0.1) is 0 Å². The van der Waals surface area contributed by atoms with Crippen LogP contribution < -0.4 is 15.4 Å². The first-order valence-electron chi connectivity index (χ1n) is 13.5. The minimum atomic E-state index is -0.273. The molecule has 8 nitrogen and oxygen atoms in total. The Hall–Kier alpha value is -4.05. The highest BCUT2D eigenvalue weighted by molar-refractivity contribution is 7.15. The number of para-hydroxylation sites is 1. The molecule has 2 aliphatic rings. The van der Waals surface area contributed by atoms with Crippen LogP contribution >= 0.6 is 11.3 Å². The summed E-state index contributed by atoms with van der Waals surface area (Å²) in [4.78, 5) is 33.5. The molecule has 0 aliphatic carbocycles. The molecule has 0 radical (unpaired) electrons. The summed E-state index contributed by atoms with van der Waals surface area (Å²) in [5.74, 6) is 0.459. The Labute approximate surface area is 237 Å². The number of nitrogens with one attached hydrogen (secondary N) is 2. The average molecular weight is 555 g/mol. The van der Waals surface area contributed by atoms with Crippen molar-refractivity contribution in [3.05, 3.63) is 94.5 Å². The number of fused-ring (bicyclic) bond motifs is 2. The zero-order chi connectivity index (χ0) is 27.3. The molecule has 2 aliphatic heterocycles. The first-order valence-corrected chi connectivity index (χ1v) is 14.3. The number of hydrogen-bond donors (Lipinski definition) is 2. The summed E-state index contributed by atoms with van der Waals surface area (Å²) >= 11 is 1.56. The molecule has 2 N–H and O–H groups in total. The molecule has 0 atom stereocenters. The maximum absolute atomic E-state index is 12.9. The van der Waals surface area contributed by atoms with Gasteiger partial charge in [0.1, 0.15) is 10.8 Å². The lowest BCUT2D eigenvalue weighted by atomic mass is 10.1. The number of rotatable bonds is 8. The minimum Gasteiger partial charge on any atom is -0.454 e. The van der Waals surface area contributed by atoms with E-state index in [9.17, 15) is 9.59 Å². The van der Waals surface area contributed by atoms with Gasteiger partial charge in [-0.2, -0.15) is 0 Å². The van der Waals surface area contributed by atoms with Crippen LogP contribution in [-0.4, -0.2) is 54.5 Å². The highest BCUT2D eigenvalue weighted by Gasteiger charge is 2.21. The van der Waals surface area contributed by atoms with Crippen LogP contribution in [0.1, 0.15) is 37.6 Å².